The Bertz CT molecular complexity index is 675. The molecule has 1 aliphatic rings. The van der Waals surface area contributed by atoms with E-state index in [1.165, 1.54) is 18.2 Å². The van der Waals surface area contributed by atoms with Crippen LogP contribution in [0.2, 0.25) is 0 Å². The fraction of sp³-hybridized carbons (Fsp3) is 0.250. The summed E-state index contributed by atoms with van der Waals surface area (Å²) in [5, 5.41) is 0. The summed E-state index contributed by atoms with van der Waals surface area (Å²) in [6.07, 6.45) is 0.821. The van der Waals surface area contributed by atoms with Crippen molar-refractivity contribution in [2.45, 2.75) is 12.5 Å². The van der Waals surface area contributed by atoms with Gasteiger partial charge >= 0.3 is 0 Å². The summed E-state index contributed by atoms with van der Waals surface area (Å²) in [6.45, 7) is 0.982. The second-order valence-corrected chi connectivity index (χ2v) is 6.05. The largest absolute Gasteiger partial charge is 0.362 e. The molecule has 21 heavy (non-hydrogen) atoms. The van der Waals surface area contributed by atoms with Crippen LogP contribution < -0.4 is 10.6 Å². The van der Waals surface area contributed by atoms with Crippen molar-refractivity contribution in [3.8, 4) is 0 Å². The number of nitrogens with two attached hydrogens (primary N) is 1. The van der Waals surface area contributed by atoms with Crippen LogP contribution in [0.1, 0.15) is 17.2 Å². The highest BCUT2D eigenvalue weighted by Crippen LogP contribution is 2.36. The molecule has 1 aliphatic heterocycles. The first-order valence-electron chi connectivity index (χ1n) is 6.80. The molecule has 0 amide bonds. The molecule has 2 nitrogen and oxygen atoms in total. The van der Waals surface area contributed by atoms with Crippen LogP contribution in [0.15, 0.2) is 40.9 Å². The zero-order chi connectivity index (χ0) is 15.0. The molecule has 0 saturated carbocycles. The maximum absolute atomic E-state index is 14.1. The molecule has 2 aromatic rings. The minimum Gasteiger partial charge on any atom is -0.362 e. The predicted molar refractivity (Wildman–Crippen MR) is 83.3 cm³/mol. The van der Waals surface area contributed by atoms with Gasteiger partial charge in [0, 0.05) is 28.8 Å². The van der Waals surface area contributed by atoms with E-state index >= 15 is 0 Å². The van der Waals surface area contributed by atoms with Crippen LogP contribution in [0.5, 0.6) is 0 Å². The standard InChI is InChI=1S/C16H15BrF2N2/c17-11-2-4-14(19)13(7-11)16(9-20)21-6-5-10-1-3-12(18)8-15(10)21/h1-4,7-8,16H,5-6,9,20H2. The van der Waals surface area contributed by atoms with Gasteiger partial charge in [0.15, 0.2) is 0 Å². The van der Waals surface area contributed by atoms with Crippen molar-refractivity contribution in [2.24, 2.45) is 5.73 Å². The van der Waals surface area contributed by atoms with E-state index in [1.807, 2.05) is 4.90 Å². The molecule has 0 fully saturated rings. The third-order valence-corrected chi connectivity index (χ3v) is 4.39. The number of rotatable bonds is 3. The van der Waals surface area contributed by atoms with Gasteiger partial charge in [-0.2, -0.15) is 0 Å². The molecule has 3 rings (SSSR count). The first-order chi connectivity index (χ1) is 10.1. The summed E-state index contributed by atoms with van der Waals surface area (Å²) in [5.41, 5.74) is 8.30. The summed E-state index contributed by atoms with van der Waals surface area (Å²) >= 11 is 3.36. The molecule has 2 N–H and O–H groups in total. The lowest BCUT2D eigenvalue weighted by Gasteiger charge is -2.30. The van der Waals surface area contributed by atoms with Gasteiger partial charge in [0.25, 0.3) is 0 Å². The van der Waals surface area contributed by atoms with Gasteiger partial charge in [0.2, 0.25) is 0 Å². The third kappa shape index (κ3) is 2.68. The minimum absolute atomic E-state index is 0.267. The zero-order valence-electron chi connectivity index (χ0n) is 11.3. The highest BCUT2D eigenvalue weighted by Gasteiger charge is 2.28. The summed E-state index contributed by atoms with van der Waals surface area (Å²) in [5.74, 6) is -0.579. The van der Waals surface area contributed by atoms with E-state index < -0.39 is 0 Å². The van der Waals surface area contributed by atoms with Crippen molar-refractivity contribution in [1.82, 2.24) is 0 Å². The first kappa shape index (κ1) is 14.5. The van der Waals surface area contributed by atoms with E-state index in [0.717, 1.165) is 22.1 Å². The van der Waals surface area contributed by atoms with E-state index in [-0.39, 0.29) is 24.2 Å². The summed E-state index contributed by atoms with van der Waals surface area (Å²) in [7, 11) is 0. The summed E-state index contributed by atoms with van der Waals surface area (Å²) in [6, 6.07) is 9.26. The second-order valence-electron chi connectivity index (χ2n) is 5.13. The average Bonchev–Trinajstić information content (AvgIpc) is 2.87. The molecule has 1 heterocycles. The predicted octanol–water partition coefficient (Wildman–Crippen LogP) is 3.79. The van der Waals surface area contributed by atoms with Crippen molar-refractivity contribution in [3.63, 3.8) is 0 Å². The Hall–Kier alpha value is -1.46. The number of hydrogen-bond acceptors (Lipinski definition) is 2. The van der Waals surface area contributed by atoms with Crippen LogP contribution in [0, 0.1) is 11.6 Å². The molecule has 1 atom stereocenters. The van der Waals surface area contributed by atoms with E-state index in [4.69, 9.17) is 5.73 Å². The number of anilines is 1. The number of nitrogens with zero attached hydrogens (tertiary/aromatic N) is 1. The molecule has 110 valence electrons. The van der Waals surface area contributed by atoms with Gasteiger partial charge in [-0.3, -0.25) is 0 Å². The summed E-state index contributed by atoms with van der Waals surface area (Å²) < 4.78 is 28.4. The van der Waals surface area contributed by atoms with Crippen LogP contribution in [-0.2, 0) is 6.42 Å². The number of hydrogen-bond donors (Lipinski definition) is 1. The van der Waals surface area contributed by atoms with Crippen molar-refractivity contribution in [1.29, 1.82) is 0 Å². The lowest BCUT2D eigenvalue weighted by molar-refractivity contribution is 0.563. The Kier molecular flexibility index (Phi) is 3.95. The Morgan fingerprint density at radius 3 is 2.76 bits per heavy atom. The Morgan fingerprint density at radius 1 is 1.19 bits per heavy atom. The van der Waals surface area contributed by atoms with Gasteiger partial charge in [-0.25, -0.2) is 8.78 Å². The molecule has 1 unspecified atom stereocenters. The highest BCUT2D eigenvalue weighted by atomic mass is 79.9. The third-order valence-electron chi connectivity index (χ3n) is 3.90. The van der Waals surface area contributed by atoms with Crippen molar-refractivity contribution in [3.05, 3.63) is 63.6 Å². The van der Waals surface area contributed by atoms with Crippen LogP contribution in [0.25, 0.3) is 0 Å². The Balaban J connectivity index is 2.03. The van der Waals surface area contributed by atoms with Gasteiger partial charge in [-0.15, -0.1) is 0 Å². The van der Waals surface area contributed by atoms with Gasteiger partial charge in [-0.1, -0.05) is 22.0 Å². The lowest BCUT2D eigenvalue weighted by Crippen LogP contribution is -2.33. The lowest BCUT2D eigenvalue weighted by atomic mass is 10.0. The number of halogens is 3. The van der Waals surface area contributed by atoms with Crippen molar-refractivity contribution < 1.29 is 8.78 Å². The molecule has 5 heteroatoms. The molecule has 0 saturated heterocycles. The maximum atomic E-state index is 14.1. The molecular weight excluding hydrogens is 338 g/mol. The number of benzene rings is 2. The Labute approximate surface area is 130 Å². The minimum atomic E-state index is -0.300. The quantitative estimate of drug-likeness (QED) is 0.910. The smallest absolute Gasteiger partial charge is 0.128 e. The number of fused-ring (bicyclic) bond motifs is 1. The topological polar surface area (TPSA) is 29.3 Å². The molecule has 2 aromatic carbocycles. The average molecular weight is 353 g/mol. The molecule has 0 bridgehead atoms. The first-order valence-corrected chi connectivity index (χ1v) is 7.59. The maximum Gasteiger partial charge on any atom is 0.128 e. The van der Waals surface area contributed by atoms with Crippen molar-refractivity contribution >= 4 is 21.6 Å². The van der Waals surface area contributed by atoms with E-state index in [1.54, 1.807) is 18.2 Å². The van der Waals surface area contributed by atoms with E-state index in [2.05, 4.69) is 15.9 Å². The van der Waals surface area contributed by atoms with E-state index in [0.29, 0.717) is 12.1 Å². The molecular formula is C16H15BrF2N2. The van der Waals surface area contributed by atoms with Crippen LogP contribution in [0.3, 0.4) is 0 Å². The normalized spacial score (nSPS) is 15.1. The van der Waals surface area contributed by atoms with Gasteiger partial charge < -0.3 is 10.6 Å². The van der Waals surface area contributed by atoms with Gasteiger partial charge in [0.1, 0.15) is 11.6 Å². The SMILES string of the molecule is NCC(c1cc(Br)ccc1F)N1CCc2ccc(F)cc21. The summed E-state index contributed by atoms with van der Waals surface area (Å²) in [4.78, 5) is 1.99. The van der Waals surface area contributed by atoms with Gasteiger partial charge in [-0.05, 0) is 42.3 Å². The van der Waals surface area contributed by atoms with Crippen LogP contribution in [0.4, 0.5) is 14.5 Å². The van der Waals surface area contributed by atoms with Crippen LogP contribution in [-0.4, -0.2) is 13.1 Å². The van der Waals surface area contributed by atoms with Crippen molar-refractivity contribution in [2.75, 3.05) is 18.0 Å². The Morgan fingerprint density at radius 2 is 2.00 bits per heavy atom. The van der Waals surface area contributed by atoms with Crippen LogP contribution >= 0.6 is 15.9 Å². The fourth-order valence-corrected chi connectivity index (χ4v) is 3.27. The monoisotopic (exact) mass is 352 g/mol. The second kappa shape index (κ2) is 5.73. The van der Waals surface area contributed by atoms with E-state index in [9.17, 15) is 8.78 Å². The molecule has 0 spiro atoms. The zero-order valence-corrected chi connectivity index (χ0v) is 12.9. The fourth-order valence-electron chi connectivity index (χ4n) is 2.89. The van der Waals surface area contributed by atoms with Gasteiger partial charge in [0.05, 0.1) is 6.04 Å². The molecule has 0 aliphatic carbocycles. The molecule has 0 aromatic heterocycles. The molecule has 0 radical (unpaired) electrons. The highest BCUT2D eigenvalue weighted by molar-refractivity contribution is 9.10.